The first-order valence-corrected chi connectivity index (χ1v) is 7.59. The molecule has 0 amide bonds. The van der Waals surface area contributed by atoms with E-state index in [-0.39, 0.29) is 16.7 Å². The molecule has 22 heavy (non-hydrogen) atoms. The third kappa shape index (κ3) is 2.99. The molecule has 0 fully saturated rings. The van der Waals surface area contributed by atoms with Crippen LogP contribution in [-0.2, 0) is 0 Å². The van der Waals surface area contributed by atoms with Gasteiger partial charge in [-0.15, -0.1) is 0 Å². The molecule has 1 heterocycles. The molecule has 1 nitrogen and oxygen atoms in total. The molecule has 0 N–H and O–H groups in total. The Labute approximate surface area is 130 Å². The van der Waals surface area contributed by atoms with Crippen LogP contribution in [0.15, 0.2) is 59.5 Å². The van der Waals surface area contributed by atoms with Gasteiger partial charge in [0.05, 0.1) is 0 Å². The number of hydrogen-bond donors (Lipinski definition) is 0. The lowest BCUT2D eigenvalue weighted by atomic mass is 9.94. The SMILES string of the molecule is CC1Oc2ccccc2C(c2ccccc2)=C1SC(F)(F)F. The molecule has 5 heteroatoms. The summed E-state index contributed by atoms with van der Waals surface area (Å²) in [6.07, 6.45) is -0.642. The standard InChI is InChI=1S/C17H13F3OS/c1-11-16(22-17(18,19)20)15(12-7-3-2-4-8-12)13-9-5-6-10-14(13)21-11/h2-11H,1H3. The van der Waals surface area contributed by atoms with Crippen LogP contribution in [0.25, 0.3) is 5.57 Å². The molecule has 2 aromatic rings. The van der Waals surface area contributed by atoms with Crippen molar-refractivity contribution in [1.82, 2.24) is 0 Å². The summed E-state index contributed by atoms with van der Waals surface area (Å²) in [4.78, 5) is 0.192. The van der Waals surface area contributed by atoms with Crippen LogP contribution in [0, 0.1) is 0 Å². The van der Waals surface area contributed by atoms with Crippen LogP contribution in [0.4, 0.5) is 13.2 Å². The number of ether oxygens (including phenoxy) is 1. The monoisotopic (exact) mass is 322 g/mol. The molecule has 0 saturated carbocycles. The molecule has 1 aliphatic heterocycles. The molecule has 0 aliphatic carbocycles. The second-order valence-corrected chi connectivity index (χ2v) is 6.02. The van der Waals surface area contributed by atoms with Crippen molar-refractivity contribution in [2.45, 2.75) is 18.5 Å². The predicted octanol–water partition coefficient (Wildman–Crippen LogP) is 5.48. The Kier molecular flexibility index (Phi) is 3.91. The molecule has 0 radical (unpaired) electrons. The number of rotatable bonds is 2. The smallest absolute Gasteiger partial charge is 0.446 e. The Hall–Kier alpha value is -1.88. The highest BCUT2D eigenvalue weighted by Crippen LogP contribution is 2.48. The van der Waals surface area contributed by atoms with Crippen molar-refractivity contribution in [3.8, 4) is 5.75 Å². The van der Waals surface area contributed by atoms with Gasteiger partial charge in [-0.1, -0.05) is 48.5 Å². The third-order valence-electron chi connectivity index (χ3n) is 3.36. The molecule has 1 aliphatic rings. The second-order valence-electron chi connectivity index (χ2n) is 4.91. The summed E-state index contributed by atoms with van der Waals surface area (Å²) < 4.78 is 44.5. The van der Waals surface area contributed by atoms with E-state index in [1.54, 1.807) is 25.1 Å². The molecule has 0 aromatic heterocycles. The zero-order valence-corrected chi connectivity index (χ0v) is 12.5. The van der Waals surface area contributed by atoms with Gasteiger partial charge in [-0.2, -0.15) is 13.2 Å². The molecule has 3 rings (SSSR count). The summed E-state index contributed by atoms with van der Waals surface area (Å²) in [7, 11) is 0. The molecular formula is C17H13F3OS. The number of para-hydroxylation sites is 1. The maximum atomic E-state index is 13.0. The van der Waals surface area contributed by atoms with Crippen molar-refractivity contribution in [2.24, 2.45) is 0 Å². The van der Waals surface area contributed by atoms with Gasteiger partial charge in [0, 0.05) is 16.0 Å². The van der Waals surface area contributed by atoms with Gasteiger partial charge in [0.1, 0.15) is 11.9 Å². The van der Waals surface area contributed by atoms with Crippen LogP contribution in [0.5, 0.6) is 5.75 Å². The van der Waals surface area contributed by atoms with Gasteiger partial charge >= 0.3 is 5.51 Å². The lowest BCUT2D eigenvalue weighted by Gasteiger charge is -2.29. The average Bonchev–Trinajstić information content (AvgIpc) is 2.47. The topological polar surface area (TPSA) is 9.23 Å². The van der Waals surface area contributed by atoms with Crippen molar-refractivity contribution in [3.05, 3.63) is 70.6 Å². The highest BCUT2D eigenvalue weighted by atomic mass is 32.2. The highest BCUT2D eigenvalue weighted by Gasteiger charge is 2.37. The average molecular weight is 322 g/mol. The van der Waals surface area contributed by atoms with Crippen molar-refractivity contribution < 1.29 is 17.9 Å². The first-order valence-electron chi connectivity index (χ1n) is 6.77. The van der Waals surface area contributed by atoms with Gasteiger partial charge in [-0.05, 0) is 30.3 Å². The van der Waals surface area contributed by atoms with Gasteiger partial charge in [0.15, 0.2) is 0 Å². The number of alkyl halides is 3. The normalized spacial score (nSPS) is 17.9. The third-order valence-corrected chi connectivity index (χ3v) is 4.35. The van der Waals surface area contributed by atoms with Gasteiger partial charge in [0.25, 0.3) is 0 Å². The van der Waals surface area contributed by atoms with Gasteiger partial charge in [-0.25, -0.2) is 0 Å². The van der Waals surface area contributed by atoms with E-state index in [0.717, 1.165) is 5.56 Å². The van der Waals surface area contributed by atoms with Crippen LogP contribution in [0.1, 0.15) is 18.1 Å². The van der Waals surface area contributed by atoms with E-state index in [4.69, 9.17) is 4.74 Å². The first-order chi connectivity index (χ1) is 10.5. The lowest BCUT2D eigenvalue weighted by molar-refractivity contribution is -0.0325. The molecule has 1 atom stereocenters. The fourth-order valence-electron chi connectivity index (χ4n) is 2.52. The van der Waals surface area contributed by atoms with Crippen molar-refractivity contribution >= 4 is 17.3 Å². The fraction of sp³-hybridized carbons (Fsp3) is 0.176. The van der Waals surface area contributed by atoms with Gasteiger partial charge in [0.2, 0.25) is 0 Å². The van der Waals surface area contributed by atoms with E-state index < -0.39 is 11.6 Å². The largest absolute Gasteiger partial charge is 0.485 e. The minimum atomic E-state index is -4.35. The van der Waals surface area contributed by atoms with E-state index in [1.807, 2.05) is 36.4 Å². The minimum absolute atomic E-state index is 0.0931. The van der Waals surface area contributed by atoms with Crippen molar-refractivity contribution in [3.63, 3.8) is 0 Å². The van der Waals surface area contributed by atoms with Crippen LogP contribution in [0.3, 0.4) is 0 Å². The van der Waals surface area contributed by atoms with E-state index >= 15 is 0 Å². The van der Waals surface area contributed by atoms with Crippen molar-refractivity contribution in [2.75, 3.05) is 0 Å². The Morgan fingerprint density at radius 3 is 2.27 bits per heavy atom. The Bertz CT molecular complexity index is 707. The molecular weight excluding hydrogens is 309 g/mol. The van der Waals surface area contributed by atoms with E-state index in [0.29, 0.717) is 16.9 Å². The zero-order valence-electron chi connectivity index (χ0n) is 11.7. The number of halogens is 3. The molecule has 1 unspecified atom stereocenters. The van der Waals surface area contributed by atoms with Crippen LogP contribution in [-0.4, -0.2) is 11.6 Å². The van der Waals surface area contributed by atoms with Crippen LogP contribution >= 0.6 is 11.8 Å². The first kappa shape index (κ1) is 15.0. The summed E-state index contributed by atoms with van der Waals surface area (Å²) in [6.45, 7) is 1.65. The van der Waals surface area contributed by atoms with Crippen molar-refractivity contribution in [1.29, 1.82) is 0 Å². The molecule has 114 valence electrons. The molecule has 0 bridgehead atoms. The highest BCUT2D eigenvalue weighted by molar-refractivity contribution is 8.04. The summed E-state index contributed by atoms with van der Waals surface area (Å²) in [5.74, 6) is 0.611. The fourth-order valence-corrected chi connectivity index (χ4v) is 3.31. The van der Waals surface area contributed by atoms with Gasteiger partial charge < -0.3 is 4.74 Å². The number of thioether (sulfide) groups is 1. The van der Waals surface area contributed by atoms with Crippen LogP contribution in [0.2, 0.25) is 0 Å². The quantitative estimate of drug-likeness (QED) is 0.724. The zero-order chi connectivity index (χ0) is 15.7. The number of hydrogen-bond acceptors (Lipinski definition) is 2. The van der Waals surface area contributed by atoms with Gasteiger partial charge in [-0.3, -0.25) is 0 Å². The summed E-state index contributed by atoms with van der Waals surface area (Å²) >= 11 is -0.0931. The minimum Gasteiger partial charge on any atom is -0.485 e. The summed E-state index contributed by atoms with van der Waals surface area (Å²) in [5, 5.41) is 0. The van der Waals surface area contributed by atoms with Crippen LogP contribution < -0.4 is 4.74 Å². The Morgan fingerprint density at radius 2 is 1.59 bits per heavy atom. The number of fused-ring (bicyclic) bond motifs is 1. The van der Waals surface area contributed by atoms with E-state index in [2.05, 4.69) is 0 Å². The molecule has 0 saturated heterocycles. The molecule has 0 spiro atoms. The van der Waals surface area contributed by atoms with E-state index in [9.17, 15) is 13.2 Å². The Balaban J connectivity index is 2.23. The predicted molar refractivity (Wildman–Crippen MR) is 82.6 cm³/mol. The Morgan fingerprint density at radius 1 is 0.955 bits per heavy atom. The second kappa shape index (κ2) is 5.72. The summed E-state index contributed by atoms with van der Waals surface area (Å²) in [5.41, 5.74) is -2.30. The maximum Gasteiger partial charge on any atom is 0.446 e. The number of benzene rings is 2. The lowest BCUT2D eigenvalue weighted by Crippen LogP contribution is -2.22. The molecule has 2 aromatic carbocycles. The summed E-state index contributed by atoms with van der Waals surface area (Å²) in [6, 6.07) is 16.3. The maximum absolute atomic E-state index is 13.0. The van der Waals surface area contributed by atoms with E-state index in [1.165, 1.54) is 0 Å².